The van der Waals surface area contributed by atoms with Crippen LogP contribution < -0.4 is 10.7 Å². The molecule has 0 saturated heterocycles. The van der Waals surface area contributed by atoms with Crippen LogP contribution in [0.3, 0.4) is 0 Å². The molecule has 0 atom stereocenters. The van der Waals surface area contributed by atoms with E-state index in [9.17, 15) is 24.5 Å². The van der Waals surface area contributed by atoms with Crippen molar-refractivity contribution in [1.82, 2.24) is 5.43 Å². The lowest BCUT2D eigenvalue weighted by Crippen LogP contribution is -2.22. The second-order valence-corrected chi connectivity index (χ2v) is 6.38. The summed E-state index contributed by atoms with van der Waals surface area (Å²) in [7, 11) is 1.23. The number of nitrogens with one attached hydrogen (secondary N) is 2. The Morgan fingerprint density at radius 1 is 1.20 bits per heavy atom. The predicted molar refractivity (Wildman–Crippen MR) is 110 cm³/mol. The number of carbonyl (C=O) groups is 3. The minimum absolute atomic E-state index is 0.0682. The number of esters is 1. The number of hydrogen-bond acceptors (Lipinski definition) is 7. The molecular weight excluding hydrogens is 416 g/mol. The number of hydrazone groups is 1. The molecule has 2 aromatic rings. The molecule has 11 heteroatoms. The van der Waals surface area contributed by atoms with Crippen LogP contribution in [0.4, 0.5) is 11.4 Å². The first-order chi connectivity index (χ1) is 14.2. The van der Waals surface area contributed by atoms with E-state index >= 15 is 0 Å². The van der Waals surface area contributed by atoms with Crippen molar-refractivity contribution in [3.8, 4) is 0 Å². The molecule has 0 radical (unpaired) electrons. The fourth-order valence-electron chi connectivity index (χ4n) is 2.35. The number of nitrogens with zero attached hydrogens (tertiary/aromatic N) is 2. The zero-order chi connectivity index (χ0) is 22.3. The first-order valence-corrected chi connectivity index (χ1v) is 8.85. The smallest absolute Gasteiger partial charge is 0.339 e. The predicted octanol–water partition coefficient (Wildman–Crippen LogP) is 3.17. The molecule has 2 N–H and O–H groups in total. The van der Waals surface area contributed by atoms with E-state index in [0.717, 1.165) is 12.1 Å². The topological polar surface area (TPSA) is 140 Å². The number of halogens is 1. The number of ether oxygens (including phenoxy) is 1. The van der Waals surface area contributed by atoms with Crippen molar-refractivity contribution in [3.05, 3.63) is 68.7 Å². The SMILES string of the molecule is COC(=O)c1ccccc1NC(=O)C/C(C)=N/NC(=O)c1ccc([N+](=O)[O-])c(Cl)c1. The normalized spacial score (nSPS) is 10.8. The lowest BCUT2D eigenvalue weighted by Gasteiger charge is -2.09. The molecule has 0 bridgehead atoms. The molecule has 0 aliphatic heterocycles. The summed E-state index contributed by atoms with van der Waals surface area (Å²) in [5.41, 5.74) is 2.76. The van der Waals surface area contributed by atoms with Gasteiger partial charge in [0.2, 0.25) is 5.91 Å². The van der Waals surface area contributed by atoms with Crippen LogP contribution in [-0.4, -0.2) is 35.5 Å². The van der Waals surface area contributed by atoms with Gasteiger partial charge in [0.1, 0.15) is 5.02 Å². The fraction of sp³-hybridized carbons (Fsp3) is 0.158. The van der Waals surface area contributed by atoms with E-state index < -0.39 is 22.7 Å². The van der Waals surface area contributed by atoms with Crippen molar-refractivity contribution >= 4 is 46.5 Å². The Bertz CT molecular complexity index is 1040. The monoisotopic (exact) mass is 432 g/mol. The van der Waals surface area contributed by atoms with Gasteiger partial charge in [-0.05, 0) is 31.2 Å². The maximum absolute atomic E-state index is 12.2. The molecule has 0 fully saturated rings. The zero-order valence-corrected chi connectivity index (χ0v) is 16.7. The molecule has 2 amide bonds. The highest BCUT2D eigenvalue weighted by molar-refractivity contribution is 6.33. The Labute approximate surface area is 176 Å². The van der Waals surface area contributed by atoms with Gasteiger partial charge in [-0.3, -0.25) is 19.7 Å². The quantitative estimate of drug-likeness (QED) is 0.298. The first-order valence-electron chi connectivity index (χ1n) is 8.47. The van der Waals surface area contributed by atoms with Crippen LogP contribution in [0.2, 0.25) is 5.02 Å². The molecule has 30 heavy (non-hydrogen) atoms. The summed E-state index contributed by atoms with van der Waals surface area (Å²) < 4.78 is 4.67. The third kappa shape index (κ3) is 5.85. The highest BCUT2D eigenvalue weighted by atomic mass is 35.5. The largest absolute Gasteiger partial charge is 0.465 e. The van der Waals surface area contributed by atoms with Crippen LogP contribution in [0, 0.1) is 10.1 Å². The van der Waals surface area contributed by atoms with Gasteiger partial charge >= 0.3 is 5.97 Å². The van der Waals surface area contributed by atoms with E-state index in [2.05, 4.69) is 20.6 Å². The van der Waals surface area contributed by atoms with Gasteiger partial charge in [-0.15, -0.1) is 0 Å². The zero-order valence-electron chi connectivity index (χ0n) is 16.0. The molecule has 156 valence electrons. The van der Waals surface area contributed by atoms with Crippen LogP contribution >= 0.6 is 11.6 Å². The summed E-state index contributed by atoms with van der Waals surface area (Å²) >= 11 is 5.78. The number of hydrogen-bond donors (Lipinski definition) is 2. The second kappa shape index (κ2) is 10.1. The third-order valence-corrected chi connectivity index (χ3v) is 4.08. The molecular formula is C19H17ClN4O6. The van der Waals surface area contributed by atoms with Crippen LogP contribution in [0.5, 0.6) is 0 Å². The van der Waals surface area contributed by atoms with E-state index in [4.69, 9.17) is 11.6 Å². The number of amides is 2. The maximum atomic E-state index is 12.2. The number of carbonyl (C=O) groups excluding carboxylic acids is 3. The highest BCUT2D eigenvalue weighted by Crippen LogP contribution is 2.24. The van der Waals surface area contributed by atoms with Gasteiger partial charge in [-0.1, -0.05) is 23.7 Å². The molecule has 2 aromatic carbocycles. The standard InChI is InChI=1S/C19H17ClN4O6/c1-11(9-17(25)21-15-6-4-3-5-13(15)19(27)30-2)22-23-18(26)12-7-8-16(24(28)29)14(20)10-12/h3-8,10H,9H2,1-2H3,(H,21,25)(H,23,26)/b22-11+. The average Bonchev–Trinajstić information content (AvgIpc) is 2.71. The van der Waals surface area contributed by atoms with E-state index in [1.807, 2.05) is 0 Å². The Morgan fingerprint density at radius 3 is 2.53 bits per heavy atom. The molecule has 0 spiro atoms. The van der Waals surface area contributed by atoms with Crippen molar-refractivity contribution in [2.24, 2.45) is 5.10 Å². The minimum Gasteiger partial charge on any atom is -0.465 e. The van der Waals surface area contributed by atoms with Crippen molar-refractivity contribution < 1.29 is 24.0 Å². The number of nitro groups is 1. The lowest BCUT2D eigenvalue weighted by molar-refractivity contribution is -0.384. The van der Waals surface area contributed by atoms with E-state index in [1.165, 1.54) is 26.2 Å². The van der Waals surface area contributed by atoms with Crippen molar-refractivity contribution in [2.45, 2.75) is 13.3 Å². The number of rotatable bonds is 7. The van der Waals surface area contributed by atoms with E-state index in [0.29, 0.717) is 0 Å². The molecule has 10 nitrogen and oxygen atoms in total. The molecule has 0 saturated carbocycles. The van der Waals surface area contributed by atoms with Gasteiger partial charge in [0.05, 0.1) is 29.7 Å². The first kappa shape index (κ1) is 22.5. The van der Waals surface area contributed by atoms with Crippen molar-refractivity contribution in [1.29, 1.82) is 0 Å². The van der Waals surface area contributed by atoms with E-state index in [1.54, 1.807) is 18.2 Å². The summed E-state index contributed by atoms with van der Waals surface area (Å²) in [4.78, 5) is 46.2. The highest BCUT2D eigenvalue weighted by Gasteiger charge is 2.16. The number of anilines is 1. The van der Waals surface area contributed by atoms with Crippen molar-refractivity contribution in [2.75, 3.05) is 12.4 Å². The van der Waals surface area contributed by atoms with Crippen LogP contribution in [0.25, 0.3) is 0 Å². The Hall–Kier alpha value is -3.79. The van der Waals surface area contributed by atoms with Gasteiger partial charge < -0.3 is 10.1 Å². The Kier molecular flexibility index (Phi) is 7.59. The molecule has 0 aromatic heterocycles. The summed E-state index contributed by atoms with van der Waals surface area (Å²) in [5, 5.41) is 17.0. The van der Waals surface area contributed by atoms with Gasteiger partial charge in [-0.25, -0.2) is 10.2 Å². The van der Waals surface area contributed by atoms with Gasteiger partial charge in [0.25, 0.3) is 11.6 Å². The third-order valence-electron chi connectivity index (χ3n) is 3.78. The van der Waals surface area contributed by atoms with Crippen LogP contribution in [-0.2, 0) is 9.53 Å². The van der Waals surface area contributed by atoms with Gasteiger partial charge in [0.15, 0.2) is 0 Å². The minimum atomic E-state index is -0.663. The second-order valence-electron chi connectivity index (χ2n) is 5.97. The van der Waals surface area contributed by atoms with E-state index in [-0.39, 0.29) is 39.7 Å². The molecule has 0 unspecified atom stereocenters. The molecule has 0 aliphatic carbocycles. The number of methoxy groups -OCH3 is 1. The summed E-state index contributed by atoms with van der Waals surface area (Å²) in [6.45, 7) is 1.52. The lowest BCUT2D eigenvalue weighted by atomic mass is 10.1. The van der Waals surface area contributed by atoms with Crippen LogP contribution in [0.1, 0.15) is 34.1 Å². The summed E-state index contributed by atoms with van der Waals surface area (Å²) in [6, 6.07) is 9.85. The Balaban J connectivity index is 1.99. The van der Waals surface area contributed by atoms with Gasteiger partial charge in [-0.2, -0.15) is 5.10 Å². The molecule has 0 aliphatic rings. The van der Waals surface area contributed by atoms with Crippen LogP contribution in [0.15, 0.2) is 47.6 Å². The number of nitro benzene ring substituents is 1. The molecule has 0 heterocycles. The summed E-state index contributed by atoms with van der Waals surface area (Å²) in [5.74, 6) is -1.70. The average molecular weight is 433 g/mol. The number of para-hydroxylation sites is 1. The summed E-state index contributed by atoms with van der Waals surface area (Å²) in [6.07, 6.45) is -0.156. The maximum Gasteiger partial charge on any atom is 0.339 e. The fourth-order valence-corrected chi connectivity index (χ4v) is 2.60. The Morgan fingerprint density at radius 2 is 1.90 bits per heavy atom. The molecule has 2 rings (SSSR count). The van der Waals surface area contributed by atoms with Crippen molar-refractivity contribution in [3.63, 3.8) is 0 Å². The van der Waals surface area contributed by atoms with Gasteiger partial charge in [0, 0.05) is 17.3 Å². The number of benzene rings is 2.